The molecule has 0 radical (unpaired) electrons. The molecule has 1 aromatic rings. The number of halogens is 2. The molecular formula is C13H15F2NO. The number of anilines is 1. The van der Waals surface area contributed by atoms with E-state index in [1.807, 2.05) is 13.8 Å². The lowest BCUT2D eigenvalue weighted by Crippen LogP contribution is -2.36. The number of hydrogen-bond donors (Lipinski definition) is 0. The Morgan fingerprint density at radius 1 is 1.29 bits per heavy atom. The van der Waals surface area contributed by atoms with Crippen molar-refractivity contribution in [2.75, 3.05) is 4.90 Å². The van der Waals surface area contributed by atoms with Gasteiger partial charge in [0, 0.05) is 24.2 Å². The standard InChI is InChI=1S/C13H15F2NO/c1-8(2)12-5-6-13(17)16(12)9-3-4-10(14)11(15)7-9/h3-4,7-8,12H,5-6H2,1-2H3. The Kier molecular flexibility index (Phi) is 3.13. The second-order valence-corrected chi connectivity index (χ2v) is 4.71. The lowest BCUT2D eigenvalue weighted by molar-refractivity contribution is -0.117. The van der Waals surface area contributed by atoms with Crippen LogP contribution < -0.4 is 4.90 Å². The number of amides is 1. The minimum absolute atomic E-state index is 0.0188. The summed E-state index contributed by atoms with van der Waals surface area (Å²) in [5, 5.41) is 0. The van der Waals surface area contributed by atoms with Gasteiger partial charge in [-0.2, -0.15) is 0 Å². The Morgan fingerprint density at radius 3 is 2.59 bits per heavy atom. The smallest absolute Gasteiger partial charge is 0.227 e. The SMILES string of the molecule is CC(C)C1CCC(=O)N1c1ccc(F)c(F)c1. The molecule has 0 aliphatic carbocycles. The molecule has 0 saturated carbocycles. The van der Waals surface area contributed by atoms with Crippen molar-refractivity contribution in [3.05, 3.63) is 29.8 Å². The van der Waals surface area contributed by atoms with E-state index in [0.717, 1.165) is 18.6 Å². The minimum atomic E-state index is -0.912. The van der Waals surface area contributed by atoms with Crippen LogP contribution in [0.25, 0.3) is 0 Å². The highest BCUT2D eigenvalue weighted by molar-refractivity contribution is 5.96. The largest absolute Gasteiger partial charge is 0.309 e. The number of benzene rings is 1. The summed E-state index contributed by atoms with van der Waals surface area (Å²) in [6.45, 7) is 4.05. The van der Waals surface area contributed by atoms with Crippen molar-refractivity contribution in [3.63, 3.8) is 0 Å². The molecule has 2 nitrogen and oxygen atoms in total. The van der Waals surface area contributed by atoms with Crippen LogP contribution in [-0.4, -0.2) is 11.9 Å². The normalized spacial score (nSPS) is 20.4. The first-order valence-electron chi connectivity index (χ1n) is 5.78. The average molecular weight is 239 g/mol. The van der Waals surface area contributed by atoms with Crippen LogP contribution in [0.3, 0.4) is 0 Å². The van der Waals surface area contributed by atoms with Gasteiger partial charge in [-0.25, -0.2) is 8.78 Å². The molecule has 92 valence electrons. The van der Waals surface area contributed by atoms with Gasteiger partial charge in [-0.1, -0.05) is 13.8 Å². The molecule has 0 N–H and O–H groups in total. The van der Waals surface area contributed by atoms with Crippen LogP contribution in [0, 0.1) is 17.6 Å². The van der Waals surface area contributed by atoms with Crippen LogP contribution in [0.15, 0.2) is 18.2 Å². The molecule has 1 unspecified atom stereocenters. The molecule has 0 aromatic heterocycles. The van der Waals surface area contributed by atoms with Gasteiger partial charge in [0.15, 0.2) is 11.6 Å². The fraction of sp³-hybridized carbons (Fsp3) is 0.462. The number of hydrogen-bond acceptors (Lipinski definition) is 1. The fourth-order valence-corrected chi connectivity index (χ4v) is 2.31. The van der Waals surface area contributed by atoms with Crippen molar-refractivity contribution in [1.82, 2.24) is 0 Å². The highest BCUT2D eigenvalue weighted by atomic mass is 19.2. The van der Waals surface area contributed by atoms with Gasteiger partial charge in [0.05, 0.1) is 0 Å². The average Bonchev–Trinajstić information content (AvgIpc) is 2.64. The summed E-state index contributed by atoms with van der Waals surface area (Å²) in [5.74, 6) is -1.52. The minimum Gasteiger partial charge on any atom is -0.309 e. The summed E-state index contributed by atoms with van der Waals surface area (Å²) in [6, 6.07) is 3.69. The van der Waals surface area contributed by atoms with Crippen molar-refractivity contribution in [1.29, 1.82) is 0 Å². The molecule has 17 heavy (non-hydrogen) atoms. The first kappa shape index (κ1) is 12.0. The van der Waals surface area contributed by atoms with Gasteiger partial charge in [-0.3, -0.25) is 4.79 Å². The summed E-state index contributed by atoms with van der Waals surface area (Å²) in [7, 11) is 0. The molecular weight excluding hydrogens is 224 g/mol. The molecule has 1 amide bonds. The van der Waals surface area contributed by atoms with E-state index >= 15 is 0 Å². The zero-order chi connectivity index (χ0) is 12.6. The van der Waals surface area contributed by atoms with Crippen molar-refractivity contribution >= 4 is 11.6 Å². The Labute approximate surface area is 99.2 Å². The Morgan fingerprint density at radius 2 is 2.00 bits per heavy atom. The first-order valence-corrected chi connectivity index (χ1v) is 5.78. The maximum atomic E-state index is 13.2. The van der Waals surface area contributed by atoms with Crippen LogP contribution in [0.2, 0.25) is 0 Å². The summed E-state index contributed by atoms with van der Waals surface area (Å²) in [4.78, 5) is 13.4. The fourth-order valence-electron chi connectivity index (χ4n) is 2.31. The van der Waals surface area contributed by atoms with Crippen LogP contribution in [-0.2, 0) is 4.79 Å². The van der Waals surface area contributed by atoms with Gasteiger partial charge < -0.3 is 4.90 Å². The summed E-state index contributed by atoms with van der Waals surface area (Å²) in [5.41, 5.74) is 0.449. The highest BCUT2D eigenvalue weighted by Crippen LogP contribution is 2.31. The van der Waals surface area contributed by atoms with Crippen molar-refractivity contribution in [2.45, 2.75) is 32.7 Å². The third kappa shape index (κ3) is 2.16. The van der Waals surface area contributed by atoms with E-state index in [0.29, 0.717) is 18.0 Å². The quantitative estimate of drug-likeness (QED) is 0.776. The molecule has 1 atom stereocenters. The van der Waals surface area contributed by atoms with Gasteiger partial charge in [-0.15, -0.1) is 0 Å². The van der Waals surface area contributed by atoms with Crippen LogP contribution >= 0.6 is 0 Å². The molecule has 0 bridgehead atoms. The van der Waals surface area contributed by atoms with E-state index in [1.54, 1.807) is 4.90 Å². The first-order chi connectivity index (χ1) is 8.00. The molecule has 1 heterocycles. The topological polar surface area (TPSA) is 20.3 Å². The summed E-state index contributed by atoms with van der Waals surface area (Å²) < 4.78 is 26.0. The van der Waals surface area contributed by atoms with Crippen LogP contribution in [0.4, 0.5) is 14.5 Å². The summed E-state index contributed by atoms with van der Waals surface area (Å²) in [6.07, 6.45) is 1.25. The number of carbonyl (C=O) groups is 1. The third-order valence-electron chi connectivity index (χ3n) is 3.21. The number of nitrogens with zero attached hydrogens (tertiary/aromatic N) is 1. The predicted octanol–water partition coefficient (Wildman–Crippen LogP) is 3.12. The molecule has 1 aliphatic rings. The number of carbonyl (C=O) groups excluding carboxylic acids is 1. The highest BCUT2D eigenvalue weighted by Gasteiger charge is 2.34. The Hall–Kier alpha value is -1.45. The third-order valence-corrected chi connectivity index (χ3v) is 3.21. The Balaban J connectivity index is 2.36. The monoisotopic (exact) mass is 239 g/mol. The van der Waals surface area contributed by atoms with Crippen LogP contribution in [0.1, 0.15) is 26.7 Å². The van der Waals surface area contributed by atoms with E-state index in [1.165, 1.54) is 6.07 Å². The lowest BCUT2D eigenvalue weighted by Gasteiger charge is -2.27. The maximum absolute atomic E-state index is 13.2. The Bertz CT molecular complexity index is 445. The zero-order valence-electron chi connectivity index (χ0n) is 9.91. The van der Waals surface area contributed by atoms with Gasteiger partial charge in [0.25, 0.3) is 0 Å². The zero-order valence-corrected chi connectivity index (χ0v) is 9.91. The van der Waals surface area contributed by atoms with Crippen molar-refractivity contribution in [2.24, 2.45) is 5.92 Å². The van der Waals surface area contributed by atoms with Gasteiger partial charge in [0.1, 0.15) is 0 Å². The second kappa shape index (κ2) is 4.43. The molecule has 0 spiro atoms. The molecule has 1 saturated heterocycles. The van der Waals surface area contributed by atoms with Gasteiger partial charge in [-0.05, 0) is 24.5 Å². The van der Waals surface area contributed by atoms with Crippen LogP contribution in [0.5, 0.6) is 0 Å². The molecule has 1 fully saturated rings. The molecule has 1 aromatic carbocycles. The van der Waals surface area contributed by atoms with E-state index in [2.05, 4.69) is 0 Å². The maximum Gasteiger partial charge on any atom is 0.227 e. The predicted molar refractivity (Wildman–Crippen MR) is 61.7 cm³/mol. The summed E-state index contributed by atoms with van der Waals surface area (Å²) >= 11 is 0. The van der Waals surface area contributed by atoms with E-state index < -0.39 is 11.6 Å². The lowest BCUT2D eigenvalue weighted by atomic mass is 10.0. The van der Waals surface area contributed by atoms with Crippen molar-refractivity contribution < 1.29 is 13.6 Å². The number of rotatable bonds is 2. The van der Waals surface area contributed by atoms with Gasteiger partial charge in [0.2, 0.25) is 5.91 Å². The molecule has 1 aliphatic heterocycles. The van der Waals surface area contributed by atoms with Gasteiger partial charge >= 0.3 is 0 Å². The molecule has 4 heteroatoms. The molecule has 2 rings (SSSR count). The van der Waals surface area contributed by atoms with E-state index in [4.69, 9.17) is 0 Å². The van der Waals surface area contributed by atoms with Crippen molar-refractivity contribution in [3.8, 4) is 0 Å². The second-order valence-electron chi connectivity index (χ2n) is 4.71. The van der Waals surface area contributed by atoms with E-state index in [-0.39, 0.29) is 11.9 Å². The van der Waals surface area contributed by atoms with E-state index in [9.17, 15) is 13.6 Å².